The Morgan fingerprint density at radius 1 is 1.65 bits per heavy atom. The highest BCUT2D eigenvalue weighted by molar-refractivity contribution is 7.89. The first-order valence-corrected chi connectivity index (χ1v) is 6.62. The molecule has 0 aliphatic heterocycles. The van der Waals surface area contributed by atoms with Gasteiger partial charge in [-0.25, -0.2) is 13.4 Å². The largest absolute Gasteiger partial charge is 0.345 e. The van der Waals surface area contributed by atoms with Gasteiger partial charge in [-0.1, -0.05) is 0 Å². The predicted molar refractivity (Wildman–Crippen MR) is 61.7 cm³/mol. The van der Waals surface area contributed by atoms with E-state index in [1.54, 1.807) is 7.05 Å². The number of likely N-dealkylation sites (N-methyl/N-ethyl adjacent to an activating group) is 1. The van der Waals surface area contributed by atoms with Gasteiger partial charge >= 0.3 is 0 Å². The minimum atomic E-state index is -3.72. The smallest absolute Gasteiger partial charge is 0.258 e. The number of nitrogens with zero attached hydrogens (tertiary/aromatic N) is 2. The van der Waals surface area contributed by atoms with E-state index in [9.17, 15) is 13.2 Å². The fourth-order valence-electron chi connectivity index (χ4n) is 1.22. The zero-order chi connectivity index (χ0) is 13.1. The van der Waals surface area contributed by atoms with Crippen LogP contribution in [0.2, 0.25) is 0 Å². The molecule has 1 amide bonds. The Hall–Kier alpha value is -1.41. The maximum atomic E-state index is 11.8. The summed E-state index contributed by atoms with van der Waals surface area (Å²) in [6.07, 6.45) is 2.45. The highest BCUT2D eigenvalue weighted by Crippen LogP contribution is 2.04. The van der Waals surface area contributed by atoms with Crippen LogP contribution in [0.1, 0.15) is 13.8 Å². The van der Waals surface area contributed by atoms with E-state index in [1.165, 1.54) is 24.3 Å². The minimum absolute atomic E-state index is 0.0590. The van der Waals surface area contributed by atoms with Crippen LogP contribution in [0.4, 0.5) is 0 Å². The molecule has 0 fully saturated rings. The number of rotatable bonds is 5. The molecular weight excluding hydrogens is 244 g/mol. The Kier molecular flexibility index (Phi) is 4.24. The summed E-state index contributed by atoms with van der Waals surface area (Å²) in [5, 5.41) is -0.0590. The number of carbonyl (C=O) groups is 1. The van der Waals surface area contributed by atoms with Gasteiger partial charge in [-0.2, -0.15) is 4.72 Å². The molecule has 0 aliphatic carbocycles. The van der Waals surface area contributed by atoms with Crippen molar-refractivity contribution in [2.75, 3.05) is 13.6 Å². The number of nitrogens with one attached hydrogen (secondary N) is 2. The van der Waals surface area contributed by atoms with Crippen molar-refractivity contribution in [1.82, 2.24) is 19.6 Å². The Bertz CT molecular complexity index is 468. The number of H-pyrrole nitrogens is 1. The molecular formula is C9H16N4O3S. The quantitative estimate of drug-likeness (QED) is 0.750. The van der Waals surface area contributed by atoms with Gasteiger partial charge in [0.25, 0.3) is 10.0 Å². The Balaban J connectivity index is 2.76. The molecule has 0 aliphatic rings. The van der Waals surface area contributed by atoms with Gasteiger partial charge in [0.05, 0.1) is 18.6 Å². The van der Waals surface area contributed by atoms with Crippen molar-refractivity contribution in [1.29, 1.82) is 0 Å². The molecule has 0 saturated heterocycles. The number of aromatic nitrogens is 2. The van der Waals surface area contributed by atoms with Crippen LogP contribution >= 0.6 is 0 Å². The standard InChI is InChI=1S/C9H16N4O3S/c1-4-13(3)9(14)7(2)12-17(15,16)8-5-10-6-11-8/h5-7,12H,4H2,1-3H3,(H,10,11). The van der Waals surface area contributed by atoms with Crippen LogP contribution in [0.15, 0.2) is 17.6 Å². The number of amides is 1. The molecule has 0 aromatic carbocycles. The fourth-order valence-corrected chi connectivity index (χ4v) is 2.32. The van der Waals surface area contributed by atoms with Crippen molar-refractivity contribution in [3.8, 4) is 0 Å². The van der Waals surface area contributed by atoms with E-state index in [1.807, 2.05) is 6.92 Å². The third-order valence-corrected chi connectivity index (χ3v) is 3.78. The van der Waals surface area contributed by atoms with E-state index >= 15 is 0 Å². The molecule has 1 unspecified atom stereocenters. The van der Waals surface area contributed by atoms with Gasteiger partial charge in [-0.3, -0.25) is 4.79 Å². The first-order chi connectivity index (χ1) is 7.88. The van der Waals surface area contributed by atoms with Gasteiger partial charge in [-0.15, -0.1) is 0 Å². The average molecular weight is 260 g/mol. The van der Waals surface area contributed by atoms with Crippen molar-refractivity contribution >= 4 is 15.9 Å². The third-order valence-electron chi connectivity index (χ3n) is 2.32. The number of hydrogen-bond acceptors (Lipinski definition) is 4. The number of imidazole rings is 1. The average Bonchev–Trinajstić information content (AvgIpc) is 2.80. The van der Waals surface area contributed by atoms with Gasteiger partial charge in [0.1, 0.15) is 0 Å². The SMILES string of the molecule is CCN(C)C(=O)C(C)NS(=O)(=O)c1cnc[nH]1. The summed E-state index contributed by atoms with van der Waals surface area (Å²) in [6.45, 7) is 3.84. The molecule has 7 nitrogen and oxygen atoms in total. The molecule has 0 bridgehead atoms. The molecule has 8 heteroatoms. The Morgan fingerprint density at radius 3 is 2.76 bits per heavy atom. The van der Waals surface area contributed by atoms with Crippen molar-refractivity contribution in [3.63, 3.8) is 0 Å². The van der Waals surface area contributed by atoms with Crippen molar-refractivity contribution in [2.24, 2.45) is 0 Å². The molecule has 1 rings (SSSR count). The molecule has 2 N–H and O–H groups in total. The maximum Gasteiger partial charge on any atom is 0.258 e. The predicted octanol–water partition coefficient (Wildman–Crippen LogP) is -0.445. The van der Waals surface area contributed by atoms with E-state index in [0.29, 0.717) is 6.54 Å². The lowest BCUT2D eigenvalue weighted by Gasteiger charge is -2.20. The second-order valence-corrected chi connectivity index (χ2v) is 5.29. The van der Waals surface area contributed by atoms with Gasteiger partial charge < -0.3 is 9.88 Å². The fraction of sp³-hybridized carbons (Fsp3) is 0.556. The van der Waals surface area contributed by atoms with E-state index in [2.05, 4.69) is 14.7 Å². The molecule has 96 valence electrons. The molecule has 1 atom stereocenters. The van der Waals surface area contributed by atoms with Crippen LogP contribution in [0.25, 0.3) is 0 Å². The number of hydrogen-bond donors (Lipinski definition) is 2. The van der Waals surface area contributed by atoms with Crippen LogP contribution < -0.4 is 4.72 Å². The lowest BCUT2D eigenvalue weighted by Crippen LogP contribution is -2.45. The van der Waals surface area contributed by atoms with Crippen LogP contribution in [0.5, 0.6) is 0 Å². The number of sulfonamides is 1. The van der Waals surface area contributed by atoms with Crippen molar-refractivity contribution in [3.05, 3.63) is 12.5 Å². The van der Waals surface area contributed by atoms with Crippen LogP contribution in [-0.4, -0.2) is 48.8 Å². The van der Waals surface area contributed by atoms with Gasteiger partial charge in [-0.05, 0) is 13.8 Å². The van der Waals surface area contributed by atoms with E-state index in [0.717, 1.165) is 0 Å². The first kappa shape index (κ1) is 13.7. The van der Waals surface area contributed by atoms with E-state index in [4.69, 9.17) is 0 Å². The summed E-state index contributed by atoms with van der Waals surface area (Å²) in [7, 11) is -2.10. The summed E-state index contributed by atoms with van der Waals surface area (Å²) >= 11 is 0. The zero-order valence-electron chi connectivity index (χ0n) is 9.97. The molecule has 17 heavy (non-hydrogen) atoms. The summed E-state index contributed by atoms with van der Waals surface area (Å²) in [4.78, 5) is 19.2. The molecule has 0 saturated carbocycles. The summed E-state index contributed by atoms with van der Waals surface area (Å²) < 4.78 is 25.8. The van der Waals surface area contributed by atoms with Crippen molar-refractivity contribution in [2.45, 2.75) is 24.9 Å². The second-order valence-electron chi connectivity index (χ2n) is 3.61. The van der Waals surface area contributed by atoms with Crippen LogP contribution in [0.3, 0.4) is 0 Å². The normalized spacial score (nSPS) is 13.4. The first-order valence-electron chi connectivity index (χ1n) is 5.14. The van der Waals surface area contributed by atoms with Gasteiger partial charge in [0.15, 0.2) is 5.03 Å². The lowest BCUT2D eigenvalue weighted by molar-refractivity contribution is -0.131. The van der Waals surface area contributed by atoms with Crippen LogP contribution in [-0.2, 0) is 14.8 Å². The molecule has 0 spiro atoms. The maximum absolute atomic E-state index is 11.8. The second kappa shape index (κ2) is 5.28. The van der Waals surface area contributed by atoms with E-state index < -0.39 is 16.1 Å². The highest BCUT2D eigenvalue weighted by Gasteiger charge is 2.24. The number of aromatic amines is 1. The van der Waals surface area contributed by atoms with Crippen LogP contribution in [0, 0.1) is 0 Å². The molecule has 1 aromatic rings. The topological polar surface area (TPSA) is 95.2 Å². The third kappa shape index (κ3) is 3.27. The van der Waals surface area contributed by atoms with Gasteiger partial charge in [0.2, 0.25) is 5.91 Å². The minimum Gasteiger partial charge on any atom is -0.345 e. The van der Waals surface area contributed by atoms with Crippen molar-refractivity contribution < 1.29 is 13.2 Å². The summed E-state index contributed by atoms with van der Waals surface area (Å²) in [5.74, 6) is -0.282. The molecule has 1 aromatic heterocycles. The summed E-state index contributed by atoms with van der Waals surface area (Å²) in [5.41, 5.74) is 0. The molecule has 1 heterocycles. The zero-order valence-corrected chi connectivity index (χ0v) is 10.8. The number of carbonyl (C=O) groups excluding carboxylic acids is 1. The highest BCUT2D eigenvalue weighted by atomic mass is 32.2. The van der Waals surface area contributed by atoms with E-state index in [-0.39, 0.29) is 10.9 Å². The Labute approximate surface area is 100 Å². The molecule has 0 radical (unpaired) electrons. The Morgan fingerprint density at radius 2 is 2.29 bits per heavy atom. The lowest BCUT2D eigenvalue weighted by atomic mass is 10.3. The van der Waals surface area contributed by atoms with Gasteiger partial charge in [0, 0.05) is 13.6 Å². The summed E-state index contributed by atoms with van der Waals surface area (Å²) in [6, 6.07) is -0.812. The monoisotopic (exact) mass is 260 g/mol.